The van der Waals surface area contributed by atoms with Crippen molar-refractivity contribution in [3.63, 3.8) is 0 Å². The van der Waals surface area contributed by atoms with Crippen LogP contribution in [0.5, 0.6) is 11.5 Å². The third-order valence-electron chi connectivity index (χ3n) is 4.87. The Morgan fingerprint density at radius 1 is 1.17 bits per heavy atom. The molecule has 6 nitrogen and oxygen atoms in total. The van der Waals surface area contributed by atoms with Crippen LogP contribution in [0.15, 0.2) is 48.5 Å². The lowest BCUT2D eigenvalue weighted by Gasteiger charge is -2.16. The molecule has 0 saturated heterocycles. The molecule has 0 radical (unpaired) electrons. The Balaban J connectivity index is 1.70. The molecule has 3 aromatic rings. The van der Waals surface area contributed by atoms with Crippen molar-refractivity contribution in [2.24, 2.45) is 0 Å². The fourth-order valence-corrected chi connectivity index (χ4v) is 3.30. The number of nitrogens with zero attached hydrogens (tertiary/aromatic N) is 3. The van der Waals surface area contributed by atoms with Crippen LogP contribution in [0.2, 0.25) is 0 Å². The number of aryl methyl sites for hydroxylation is 1. The van der Waals surface area contributed by atoms with Gasteiger partial charge in [-0.1, -0.05) is 25.1 Å². The van der Waals surface area contributed by atoms with E-state index >= 15 is 0 Å². The first-order valence-corrected chi connectivity index (χ1v) is 10.3. The van der Waals surface area contributed by atoms with Gasteiger partial charge in [-0.25, -0.2) is 4.98 Å². The van der Waals surface area contributed by atoms with Crippen LogP contribution >= 0.6 is 0 Å². The number of aromatic nitrogens is 2. The molecule has 0 aliphatic carbocycles. The first-order chi connectivity index (χ1) is 14.6. The van der Waals surface area contributed by atoms with Gasteiger partial charge in [0.2, 0.25) is 5.91 Å². The number of imidazole rings is 1. The van der Waals surface area contributed by atoms with E-state index in [0.29, 0.717) is 24.7 Å². The van der Waals surface area contributed by atoms with Crippen LogP contribution in [0.4, 0.5) is 0 Å². The van der Waals surface area contributed by atoms with Gasteiger partial charge in [0.1, 0.15) is 5.82 Å². The van der Waals surface area contributed by atoms with Crippen molar-refractivity contribution in [1.29, 1.82) is 0 Å². The van der Waals surface area contributed by atoms with Gasteiger partial charge in [-0.05, 0) is 49.2 Å². The summed E-state index contributed by atoms with van der Waals surface area (Å²) in [6.07, 6.45) is 4.28. The van der Waals surface area contributed by atoms with E-state index in [9.17, 15) is 4.79 Å². The smallest absolute Gasteiger partial charge is 0.246 e. The number of rotatable bonds is 9. The average molecular weight is 408 g/mol. The molecule has 0 bridgehead atoms. The van der Waals surface area contributed by atoms with Crippen LogP contribution in [0.1, 0.15) is 31.7 Å². The summed E-state index contributed by atoms with van der Waals surface area (Å²) in [5.74, 6) is 2.15. The van der Waals surface area contributed by atoms with Crippen LogP contribution in [-0.4, -0.2) is 41.1 Å². The second-order valence-corrected chi connectivity index (χ2v) is 7.05. The van der Waals surface area contributed by atoms with Gasteiger partial charge in [0.05, 0.1) is 31.3 Å². The summed E-state index contributed by atoms with van der Waals surface area (Å²) >= 11 is 0. The molecule has 0 spiro atoms. The number of likely N-dealkylation sites (N-methyl/N-ethyl adjacent to an activating group) is 1. The fourth-order valence-electron chi connectivity index (χ4n) is 3.30. The second kappa shape index (κ2) is 9.96. The Labute approximate surface area is 177 Å². The van der Waals surface area contributed by atoms with Crippen LogP contribution in [-0.2, 0) is 17.9 Å². The molecular weight excluding hydrogens is 378 g/mol. The third-order valence-corrected chi connectivity index (χ3v) is 4.87. The molecule has 30 heavy (non-hydrogen) atoms. The molecule has 6 heteroatoms. The van der Waals surface area contributed by atoms with Crippen molar-refractivity contribution in [2.45, 2.75) is 33.4 Å². The molecule has 1 heterocycles. The lowest BCUT2D eigenvalue weighted by atomic mass is 10.2. The normalized spacial score (nSPS) is 11.2. The highest BCUT2D eigenvalue weighted by molar-refractivity contribution is 5.91. The zero-order valence-electron chi connectivity index (χ0n) is 18.1. The molecule has 1 amide bonds. The van der Waals surface area contributed by atoms with Crippen LogP contribution in [0.25, 0.3) is 17.1 Å². The molecule has 0 aliphatic heterocycles. The van der Waals surface area contributed by atoms with Crippen molar-refractivity contribution >= 4 is 23.0 Å². The minimum Gasteiger partial charge on any atom is -0.493 e. The largest absolute Gasteiger partial charge is 0.493 e. The van der Waals surface area contributed by atoms with E-state index < -0.39 is 0 Å². The van der Waals surface area contributed by atoms with Gasteiger partial charge in [0, 0.05) is 19.7 Å². The highest BCUT2D eigenvalue weighted by atomic mass is 16.5. The Morgan fingerprint density at radius 3 is 2.70 bits per heavy atom. The standard InChI is InChI=1S/C24H29N3O3/c1-5-15-30-21-13-11-18(16-22(21)29-4)12-14-24(28)26(3)17-23-25-19-9-7-8-10-20(19)27(23)6-2/h7-14,16H,5-6,15,17H2,1-4H3/b14-12+. The molecule has 1 aromatic heterocycles. The van der Waals surface area contributed by atoms with E-state index in [1.807, 2.05) is 36.4 Å². The van der Waals surface area contributed by atoms with Crippen molar-refractivity contribution in [3.05, 3.63) is 59.9 Å². The summed E-state index contributed by atoms with van der Waals surface area (Å²) < 4.78 is 13.2. The van der Waals surface area contributed by atoms with E-state index in [1.165, 1.54) is 0 Å². The van der Waals surface area contributed by atoms with E-state index in [4.69, 9.17) is 14.5 Å². The molecule has 0 N–H and O–H groups in total. The summed E-state index contributed by atoms with van der Waals surface area (Å²) in [5.41, 5.74) is 2.91. The zero-order chi connectivity index (χ0) is 21.5. The van der Waals surface area contributed by atoms with Gasteiger partial charge in [-0.15, -0.1) is 0 Å². The number of amides is 1. The van der Waals surface area contributed by atoms with Crippen molar-refractivity contribution in [3.8, 4) is 11.5 Å². The van der Waals surface area contributed by atoms with Crippen molar-refractivity contribution in [2.75, 3.05) is 20.8 Å². The quantitative estimate of drug-likeness (QED) is 0.489. The number of carbonyl (C=O) groups excluding carboxylic acids is 1. The van der Waals surface area contributed by atoms with Crippen LogP contribution in [0.3, 0.4) is 0 Å². The molecule has 0 aliphatic rings. The Hall–Kier alpha value is -3.28. The van der Waals surface area contributed by atoms with Crippen LogP contribution in [0, 0.1) is 0 Å². The topological polar surface area (TPSA) is 56.6 Å². The second-order valence-electron chi connectivity index (χ2n) is 7.05. The minimum atomic E-state index is -0.0880. The number of hydrogen-bond donors (Lipinski definition) is 0. The zero-order valence-corrected chi connectivity index (χ0v) is 18.1. The predicted molar refractivity (Wildman–Crippen MR) is 120 cm³/mol. The van der Waals surface area contributed by atoms with E-state index in [0.717, 1.165) is 35.4 Å². The number of fused-ring (bicyclic) bond motifs is 1. The maximum absolute atomic E-state index is 12.6. The van der Waals surface area contributed by atoms with E-state index in [2.05, 4.69) is 24.5 Å². The summed E-state index contributed by atoms with van der Waals surface area (Å²) in [6.45, 7) is 6.03. The highest BCUT2D eigenvalue weighted by Gasteiger charge is 2.13. The molecule has 2 aromatic carbocycles. The average Bonchev–Trinajstić information content (AvgIpc) is 3.12. The maximum atomic E-state index is 12.6. The number of hydrogen-bond acceptors (Lipinski definition) is 4. The van der Waals surface area contributed by atoms with Crippen LogP contribution < -0.4 is 9.47 Å². The molecule has 158 valence electrons. The van der Waals surface area contributed by atoms with Crippen molar-refractivity contribution in [1.82, 2.24) is 14.5 Å². The molecular formula is C24H29N3O3. The summed E-state index contributed by atoms with van der Waals surface area (Å²) in [4.78, 5) is 19.0. The predicted octanol–water partition coefficient (Wildman–Crippen LogP) is 4.53. The number of carbonyl (C=O) groups is 1. The molecule has 0 atom stereocenters. The lowest BCUT2D eigenvalue weighted by Crippen LogP contribution is -2.26. The number of benzene rings is 2. The number of para-hydroxylation sites is 2. The summed E-state index contributed by atoms with van der Waals surface area (Å²) in [6, 6.07) is 13.7. The summed E-state index contributed by atoms with van der Waals surface area (Å²) in [7, 11) is 3.40. The Bertz CT molecular complexity index is 1040. The minimum absolute atomic E-state index is 0.0880. The molecule has 0 fully saturated rings. The highest BCUT2D eigenvalue weighted by Crippen LogP contribution is 2.28. The molecule has 0 saturated carbocycles. The Morgan fingerprint density at radius 2 is 1.97 bits per heavy atom. The number of ether oxygens (including phenoxy) is 2. The first-order valence-electron chi connectivity index (χ1n) is 10.3. The van der Waals surface area contributed by atoms with Gasteiger partial charge in [0.25, 0.3) is 0 Å². The SMILES string of the molecule is CCCOc1ccc(/C=C/C(=O)N(C)Cc2nc3ccccc3n2CC)cc1OC. The third kappa shape index (κ3) is 4.82. The van der Waals surface area contributed by atoms with E-state index in [-0.39, 0.29) is 5.91 Å². The monoisotopic (exact) mass is 407 g/mol. The lowest BCUT2D eigenvalue weighted by molar-refractivity contribution is -0.125. The first kappa shape index (κ1) is 21.4. The maximum Gasteiger partial charge on any atom is 0.246 e. The fraction of sp³-hybridized carbons (Fsp3) is 0.333. The van der Waals surface area contributed by atoms with Crippen molar-refractivity contribution < 1.29 is 14.3 Å². The number of methoxy groups -OCH3 is 1. The Kier molecular flexibility index (Phi) is 7.12. The van der Waals surface area contributed by atoms with Gasteiger partial charge < -0.3 is 18.9 Å². The molecule has 3 rings (SSSR count). The van der Waals surface area contributed by atoms with Gasteiger partial charge in [-0.2, -0.15) is 0 Å². The van der Waals surface area contributed by atoms with Gasteiger partial charge in [0.15, 0.2) is 11.5 Å². The van der Waals surface area contributed by atoms with Gasteiger partial charge in [-0.3, -0.25) is 4.79 Å². The van der Waals surface area contributed by atoms with Gasteiger partial charge >= 0.3 is 0 Å². The van der Waals surface area contributed by atoms with E-state index in [1.54, 1.807) is 31.2 Å². The molecule has 0 unspecified atom stereocenters. The summed E-state index contributed by atoms with van der Waals surface area (Å²) in [5, 5.41) is 0.